The highest BCUT2D eigenvalue weighted by molar-refractivity contribution is 6.03. The smallest absolute Gasteiger partial charge is 0.454 e. The first-order valence-corrected chi connectivity index (χ1v) is 11.5. The Bertz CT molecular complexity index is 1790. The lowest BCUT2D eigenvalue weighted by Crippen LogP contribution is -2.19. The van der Waals surface area contributed by atoms with Gasteiger partial charge in [0.1, 0.15) is 0 Å². The molecule has 0 aliphatic rings. The topological polar surface area (TPSA) is 166 Å². The average Bonchev–Trinajstić information content (AvgIpc) is 3.43. The van der Waals surface area contributed by atoms with Crippen molar-refractivity contribution in [2.45, 2.75) is 20.1 Å². The van der Waals surface area contributed by atoms with Crippen LogP contribution in [0.15, 0.2) is 90.3 Å². The summed E-state index contributed by atoms with van der Waals surface area (Å²) in [4.78, 5) is 39.8. The van der Waals surface area contributed by atoms with Gasteiger partial charge in [-0.1, -0.05) is 59.8 Å². The number of nitrogens with zero attached hydrogens (tertiary/aromatic N) is 2. The van der Waals surface area contributed by atoms with E-state index < -0.39 is 17.5 Å². The molecule has 0 amide bonds. The fraction of sp³-hybridized carbons (Fsp3) is 0.111. The molecule has 0 aliphatic heterocycles. The molecule has 4 N–H and O–H groups in total. The SMILES string of the molecule is Cc1oc(=O)oc1COC(=O)c1cccc2[nH]c(=O)n(Cc3ccc(-c4ccccc4/C(N)=N/O)cc3)c12. The molecular formula is C27H22N4O7. The number of amidine groups is 1. The summed E-state index contributed by atoms with van der Waals surface area (Å²) in [6, 6.07) is 19.6. The second kappa shape index (κ2) is 9.97. The van der Waals surface area contributed by atoms with Crippen LogP contribution in [0.3, 0.4) is 0 Å². The van der Waals surface area contributed by atoms with E-state index in [1.165, 1.54) is 11.5 Å². The largest absolute Gasteiger partial charge is 0.519 e. The number of H-pyrrole nitrogens is 1. The molecule has 192 valence electrons. The number of carbonyl (C=O) groups excluding carboxylic acids is 1. The number of ether oxygens (including phenoxy) is 1. The van der Waals surface area contributed by atoms with Crippen molar-refractivity contribution in [3.8, 4) is 11.1 Å². The Morgan fingerprint density at radius 2 is 1.76 bits per heavy atom. The van der Waals surface area contributed by atoms with Gasteiger partial charge in [-0.2, -0.15) is 0 Å². The quantitative estimate of drug-likeness (QED) is 0.0977. The summed E-state index contributed by atoms with van der Waals surface area (Å²) in [5, 5.41) is 12.2. The standard InChI is InChI=1S/C27H22N4O7/c1-15-22(38-27(34)37-15)14-36-25(32)20-7-4-8-21-23(20)31(26(33)29-21)13-16-9-11-17(12-10-16)18-5-2-3-6-19(18)24(28)30-35/h2-12,35H,13-14H2,1H3,(H2,28,30)(H,29,33). The van der Waals surface area contributed by atoms with E-state index in [2.05, 4.69) is 10.1 Å². The lowest BCUT2D eigenvalue weighted by Gasteiger charge is -2.11. The third-order valence-electron chi connectivity index (χ3n) is 6.10. The molecule has 11 heteroatoms. The van der Waals surface area contributed by atoms with Crippen LogP contribution in [0, 0.1) is 6.92 Å². The van der Waals surface area contributed by atoms with E-state index in [4.69, 9.17) is 24.5 Å². The van der Waals surface area contributed by atoms with Crippen molar-refractivity contribution < 1.29 is 23.6 Å². The summed E-state index contributed by atoms with van der Waals surface area (Å²) in [7, 11) is 0. The van der Waals surface area contributed by atoms with Gasteiger partial charge in [-0.15, -0.1) is 0 Å². The van der Waals surface area contributed by atoms with Crippen LogP contribution in [0.25, 0.3) is 22.2 Å². The van der Waals surface area contributed by atoms with Gasteiger partial charge in [0.25, 0.3) is 0 Å². The number of carbonyl (C=O) groups is 1. The average molecular weight is 514 g/mol. The summed E-state index contributed by atoms with van der Waals surface area (Å²) in [6.07, 6.45) is 0. The maximum Gasteiger partial charge on any atom is 0.519 e. The number of imidazole rings is 1. The van der Waals surface area contributed by atoms with Gasteiger partial charge in [-0.05, 0) is 35.7 Å². The molecule has 0 atom stereocenters. The summed E-state index contributed by atoms with van der Waals surface area (Å²) >= 11 is 0. The Kier molecular flexibility index (Phi) is 6.40. The first kappa shape index (κ1) is 24.4. The molecule has 0 saturated carbocycles. The number of aromatic amines is 1. The minimum atomic E-state index is -0.880. The molecule has 2 heterocycles. The highest BCUT2D eigenvalue weighted by Crippen LogP contribution is 2.25. The minimum absolute atomic E-state index is 0.000456. The number of esters is 1. The molecule has 0 spiro atoms. The van der Waals surface area contributed by atoms with Crippen LogP contribution in [0.1, 0.15) is 33.0 Å². The van der Waals surface area contributed by atoms with E-state index in [1.807, 2.05) is 36.4 Å². The van der Waals surface area contributed by atoms with Crippen molar-refractivity contribution in [3.05, 3.63) is 116 Å². The highest BCUT2D eigenvalue weighted by Gasteiger charge is 2.19. The maximum absolute atomic E-state index is 12.9. The van der Waals surface area contributed by atoms with E-state index in [0.717, 1.165) is 16.7 Å². The van der Waals surface area contributed by atoms with Crippen LogP contribution in [0.5, 0.6) is 0 Å². The van der Waals surface area contributed by atoms with E-state index in [0.29, 0.717) is 16.6 Å². The van der Waals surface area contributed by atoms with Crippen LogP contribution in [-0.2, 0) is 17.9 Å². The second-order valence-electron chi connectivity index (χ2n) is 8.46. The van der Waals surface area contributed by atoms with Gasteiger partial charge in [0, 0.05) is 5.56 Å². The monoisotopic (exact) mass is 514 g/mol. The first-order valence-electron chi connectivity index (χ1n) is 11.5. The molecule has 5 aromatic rings. The predicted molar refractivity (Wildman–Crippen MR) is 137 cm³/mol. The number of oxime groups is 1. The van der Waals surface area contributed by atoms with E-state index in [-0.39, 0.29) is 36.1 Å². The van der Waals surface area contributed by atoms with Crippen LogP contribution < -0.4 is 17.2 Å². The normalized spacial score (nSPS) is 11.7. The van der Waals surface area contributed by atoms with Crippen LogP contribution in [0.4, 0.5) is 0 Å². The molecule has 2 aromatic heterocycles. The maximum atomic E-state index is 12.9. The molecule has 38 heavy (non-hydrogen) atoms. The third kappa shape index (κ3) is 4.60. The lowest BCUT2D eigenvalue weighted by atomic mass is 9.98. The van der Waals surface area contributed by atoms with Crippen LogP contribution in [-0.4, -0.2) is 26.6 Å². The van der Waals surface area contributed by atoms with Gasteiger partial charge in [0.2, 0.25) is 0 Å². The minimum Gasteiger partial charge on any atom is -0.454 e. The molecule has 11 nitrogen and oxygen atoms in total. The Labute approximate surface area is 214 Å². The summed E-state index contributed by atoms with van der Waals surface area (Å²) in [5.74, 6) is -1.25. The van der Waals surface area contributed by atoms with Crippen LogP contribution >= 0.6 is 0 Å². The van der Waals surface area contributed by atoms with Gasteiger partial charge in [-0.25, -0.2) is 14.4 Å². The van der Waals surface area contributed by atoms with Gasteiger partial charge in [0.15, 0.2) is 24.0 Å². The van der Waals surface area contributed by atoms with Crippen LogP contribution in [0.2, 0.25) is 0 Å². The number of hydrogen-bond acceptors (Lipinski definition) is 8. The number of hydrogen-bond donors (Lipinski definition) is 3. The Morgan fingerprint density at radius 3 is 2.47 bits per heavy atom. The first-order chi connectivity index (χ1) is 18.4. The van der Waals surface area contributed by atoms with E-state index in [1.54, 1.807) is 30.3 Å². The Hall–Kier alpha value is -5.32. The van der Waals surface area contributed by atoms with Gasteiger partial charge in [0.05, 0.1) is 23.1 Å². The van der Waals surface area contributed by atoms with E-state index in [9.17, 15) is 14.4 Å². The van der Waals surface area contributed by atoms with Crippen molar-refractivity contribution >= 4 is 22.8 Å². The third-order valence-corrected chi connectivity index (χ3v) is 6.10. The second-order valence-corrected chi connectivity index (χ2v) is 8.46. The number of para-hydroxylation sites is 1. The highest BCUT2D eigenvalue weighted by atomic mass is 16.6. The van der Waals surface area contributed by atoms with Crippen molar-refractivity contribution in [2.75, 3.05) is 0 Å². The Balaban J connectivity index is 1.44. The molecule has 0 bridgehead atoms. The molecule has 0 radical (unpaired) electrons. The molecule has 0 aliphatic carbocycles. The zero-order valence-corrected chi connectivity index (χ0v) is 20.1. The zero-order valence-electron chi connectivity index (χ0n) is 20.1. The summed E-state index contributed by atoms with van der Waals surface area (Å²) in [6.45, 7) is 1.41. The molecular weight excluding hydrogens is 492 g/mol. The molecule has 3 aromatic carbocycles. The fourth-order valence-corrected chi connectivity index (χ4v) is 4.23. The number of nitrogens with two attached hydrogens (primary N) is 1. The van der Waals surface area contributed by atoms with Gasteiger partial charge < -0.3 is 29.5 Å². The van der Waals surface area contributed by atoms with Gasteiger partial charge in [-0.3, -0.25) is 4.57 Å². The zero-order chi connectivity index (χ0) is 26.8. The number of benzene rings is 3. The number of nitrogens with one attached hydrogen (secondary N) is 1. The van der Waals surface area contributed by atoms with Crippen molar-refractivity contribution in [2.24, 2.45) is 10.9 Å². The lowest BCUT2D eigenvalue weighted by molar-refractivity contribution is 0.0444. The molecule has 0 fully saturated rings. The number of fused-ring (bicyclic) bond motifs is 1. The molecule has 5 rings (SSSR count). The predicted octanol–water partition coefficient (Wildman–Crippen LogP) is 3.35. The van der Waals surface area contributed by atoms with E-state index >= 15 is 0 Å². The van der Waals surface area contributed by atoms with Crippen molar-refractivity contribution in [1.82, 2.24) is 9.55 Å². The summed E-state index contributed by atoms with van der Waals surface area (Å²) < 4.78 is 16.5. The summed E-state index contributed by atoms with van der Waals surface area (Å²) in [5.41, 5.74) is 9.47. The van der Waals surface area contributed by atoms with Crippen molar-refractivity contribution in [1.29, 1.82) is 0 Å². The number of rotatable bonds is 7. The molecule has 0 unspecified atom stereocenters. The number of aryl methyl sites for hydroxylation is 1. The molecule has 0 saturated heterocycles. The van der Waals surface area contributed by atoms with Crippen molar-refractivity contribution in [3.63, 3.8) is 0 Å². The van der Waals surface area contributed by atoms with Gasteiger partial charge >= 0.3 is 17.5 Å². The number of aromatic nitrogens is 2. The fourth-order valence-electron chi connectivity index (χ4n) is 4.23. The Morgan fingerprint density at radius 1 is 1.03 bits per heavy atom.